The van der Waals surface area contributed by atoms with Gasteiger partial charge in [0.1, 0.15) is 17.6 Å². The number of methoxy groups -OCH3 is 1. The highest BCUT2D eigenvalue weighted by Crippen LogP contribution is 2.28. The SMILES string of the molecule is COc1ccc(-c2c[n+]3c(cn2)N=C(C(C)(C)C)O[B-]3(F)F)cc1. The Morgan fingerprint density at radius 3 is 2.42 bits per heavy atom. The third-order valence-corrected chi connectivity index (χ3v) is 3.67. The van der Waals surface area contributed by atoms with E-state index < -0.39 is 12.5 Å². The van der Waals surface area contributed by atoms with Gasteiger partial charge in [-0.05, 0) is 50.0 Å². The molecule has 1 aliphatic heterocycles. The van der Waals surface area contributed by atoms with Crippen LogP contribution in [0.5, 0.6) is 5.75 Å². The van der Waals surface area contributed by atoms with E-state index in [9.17, 15) is 8.63 Å². The number of nitrogens with zero attached hydrogens (tertiary/aromatic N) is 3. The lowest BCUT2D eigenvalue weighted by atomic mass is 9.93. The average molecular weight is 333 g/mol. The van der Waals surface area contributed by atoms with Crippen LogP contribution in [0.3, 0.4) is 0 Å². The molecule has 0 saturated heterocycles. The summed E-state index contributed by atoms with van der Waals surface area (Å²) in [6, 6.07) is 7.01. The van der Waals surface area contributed by atoms with E-state index >= 15 is 0 Å². The van der Waals surface area contributed by atoms with Crippen LogP contribution in [0, 0.1) is 5.41 Å². The van der Waals surface area contributed by atoms with Gasteiger partial charge in [-0.15, -0.1) is 0 Å². The van der Waals surface area contributed by atoms with Crippen molar-refractivity contribution < 1.29 is 22.5 Å². The molecule has 0 unspecified atom stereocenters. The van der Waals surface area contributed by atoms with E-state index in [0.717, 1.165) is 4.48 Å². The molecule has 2 aromatic rings. The number of benzene rings is 1. The fourth-order valence-corrected chi connectivity index (χ4v) is 2.33. The quantitative estimate of drug-likeness (QED) is 0.792. The molecular weight excluding hydrogens is 315 g/mol. The number of rotatable bonds is 2. The smallest absolute Gasteiger partial charge is 0.593 e. The molecule has 126 valence electrons. The highest BCUT2D eigenvalue weighted by molar-refractivity contribution is 6.52. The molecule has 0 saturated carbocycles. The Morgan fingerprint density at radius 2 is 1.83 bits per heavy atom. The predicted octanol–water partition coefficient (Wildman–Crippen LogP) is 3.37. The molecule has 24 heavy (non-hydrogen) atoms. The Bertz CT molecular complexity index is 802. The van der Waals surface area contributed by atoms with Crippen molar-refractivity contribution in [2.24, 2.45) is 10.4 Å². The summed E-state index contributed by atoms with van der Waals surface area (Å²) in [7, 11) is -2.69. The van der Waals surface area contributed by atoms with Crippen LogP contribution in [0.4, 0.5) is 14.4 Å². The zero-order valence-electron chi connectivity index (χ0n) is 14.0. The zero-order chi connectivity index (χ0) is 17.5. The molecule has 0 aliphatic carbocycles. The summed E-state index contributed by atoms with van der Waals surface area (Å²) < 4.78 is 39.7. The maximum Gasteiger partial charge on any atom is 0.736 e. The number of fused-ring (bicyclic) bond motifs is 1. The van der Waals surface area contributed by atoms with E-state index in [-0.39, 0.29) is 11.7 Å². The summed E-state index contributed by atoms with van der Waals surface area (Å²) in [5.74, 6) is 0.765. The summed E-state index contributed by atoms with van der Waals surface area (Å²) in [6.07, 6.45) is 2.60. The first-order valence-corrected chi connectivity index (χ1v) is 7.56. The van der Waals surface area contributed by atoms with Crippen LogP contribution in [0.25, 0.3) is 11.3 Å². The van der Waals surface area contributed by atoms with E-state index in [1.807, 2.05) is 0 Å². The summed E-state index contributed by atoms with van der Waals surface area (Å²) in [4.78, 5) is 8.44. The molecule has 5 nitrogen and oxygen atoms in total. The van der Waals surface area contributed by atoms with Crippen LogP contribution >= 0.6 is 0 Å². The van der Waals surface area contributed by atoms with Crippen molar-refractivity contribution in [1.82, 2.24) is 4.98 Å². The molecule has 0 atom stereocenters. The minimum Gasteiger partial charge on any atom is -0.593 e. The number of aliphatic imine (C=N–C) groups is 1. The third-order valence-electron chi connectivity index (χ3n) is 3.67. The van der Waals surface area contributed by atoms with Crippen molar-refractivity contribution in [2.75, 3.05) is 7.11 Å². The normalized spacial score (nSPS) is 16.0. The molecule has 0 spiro atoms. The Kier molecular flexibility index (Phi) is 3.78. The monoisotopic (exact) mass is 333 g/mol. The van der Waals surface area contributed by atoms with Crippen LogP contribution in [0.15, 0.2) is 41.7 Å². The van der Waals surface area contributed by atoms with Crippen LogP contribution < -0.4 is 9.21 Å². The molecule has 0 bridgehead atoms. The van der Waals surface area contributed by atoms with Crippen LogP contribution in [0.1, 0.15) is 20.8 Å². The second-order valence-electron chi connectivity index (χ2n) is 6.61. The van der Waals surface area contributed by atoms with Gasteiger partial charge in [-0.25, -0.2) is 4.98 Å². The molecule has 2 heterocycles. The lowest BCUT2D eigenvalue weighted by Gasteiger charge is -2.31. The lowest BCUT2D eigenvalue weighted by molar-refractivity contribution is -0.568. The van der Waals surface area contributed by atoms with Gasteiger partial charge >= 0.3 is 12.9 Å². The summed E-state index contributed by atoms with van der Waals surface area (Å²) >= 11 is 0. The van der Waals surface area contributed by atoms with Gasteiger partial charge in [0.05, 0.1) is 18.7 Å². The second-order valence-corrected chi connectivity index (χ2v) is 6.61. The van der Waals surface area contributed by atoms with Crippen molar-refractivity contribution in [2.45, 2.75) is 20.8 Å². The zero-order valence-corrected chi connectivity index (χ0v) is 14.0. The maximum absolute atomic E-state index is 14.5. The Balaban J connectivity index is 2.06. The first-order valence-electron chi connectivity index (χ1n) is 7.56. The van der Waals surface area contributed by atoms with E-state index in [2.05, 4.69) is 9.98 Å². The first kappa shape index (κ1) is 16.4. The standard InChI is InChI=1S/C16H18BF2N3O2/c1-16(2,3)15-21-14-9-20-13(10-22(14)17(18,19)24-15)11-5-7-12(23-4)8-6-11/h5-10H,1-4H3. The van der Waals surface area contributed by atoms with Crippen molar-refractivity contribution in [1.29, 1.82) is 0 Å². The fraction of sp³-hybridized carbons (Fsp3) is 0.312. The predicted molar refractivity (Wildman–Crippen MR) is 87.4 cm³/mol. The Hall–Kier alpha value is -2.51. The number of ether oxygens (including phenoxy) is 1. The van der Waals surface area contributed by atoms with Gasteiger partial charge in [0, 0.05) is 5.56 Å². The van der Waals surface area contributed by atoms with Crippen LogP contribution in [-0.2, 0) is 4.65 Å². The molecule has 0 radical (unpaired) electrons. The Morgan fingerprint density at radius 1 is 1.17 bits per heavy atom. The summed E-state index contributed by atoms with van der Waals surface area (Å²) in [5.41, 5.74) is 0.488. The van der Waals surface area contributed by atoms with Gasteiger partial charge in [0.15, 0.2) is 0 Å². The molecule has 0 fully saturated rings. The van der Waals surface area contributed by atoms with E-state index in [1.165, 1.54) is 12.4 Å². The van der Waals surface area contributed by atoms with E-state index in [4.69, 9.17) is 9.39 Å². The van der Waals surface area contributed by atoms with Gasteiger partial charge in [-0.2, -0.15) is 0 Å². The number of hydrogen-bond acceptors (Lipinski definition) is 4. The lowest BCUT2D eigenvalue weighted by Crippen LogP contribution is -2.64. The van der Waals surface area contributed by atoms with Crippen LogP contribution in [-0.4, -0.2) is 25.0 Å². The topological polar surface area (TPSA) is 47.6 Å². The molecule has 0 N–H and O–H groups in total. The fourth-order valence-electron chi connectivity index (χ4n) is 2.33. The van der Waals surface area contributed by atoms with Crippen LogP contribution in [0.2, 0.25) is 0 Å². The third kappa shape index (κ3) is 2.96. The van der Waals surface area contributed by atoms with Gasteiger partial charge in [-0.1, -0.05) is 0 Å². The first-order chi connectivity index (χ1) is 11.2. The molecule has 1 aromatic carbocycles. The molecule has 3 rings (SSSR count). The maximum atomic E-state index is 14.5. The Labute approximate surface area is 139 Å². The largest absolute Gasteiger partial charge is 0.736 e. The van der Waals surface area contributed by atoms with Crippen molar-refractivity contribution in [3.63, 3.8) is 0 Å². The number of halogens is 2. The van der Waals surface area contributed by atoms with E-state index in [0.29, 0.717) is 17.0 Å². The second kappa shape index (κ2) is 5.54. The highest BCUT2D eigenvalue weighted by Gasteiger charge is 2.48. The van der Waals surface area contributed by atoms with Gasteiger partial charge in [-0.3, -0.25) is 0 Å². The minimum atomic E-state index is -4.25. The van der Waals surface area contributed by atoms with Crippen molar-refractivity contribution in [3.8, 4) is 17.0 Å². The molecule has 1 aliphatic rings. The summed E-state index contributed by atoms with van der Waals surface area (Å²) in [5, 5.41) is 0. The minimum absolute atomic E-state index is 0.00602. The van der Waals surface area contributed by atoms with Crippen molar-refractivity contribution in [3.05, 3.63) is 36.7 Å². The summed E-state index contributed by atoms with van der Waals surface area (Å²) in [6.45, 7) is 5.31. The van der Waals surface area contributed by atoms with Crippen molar-refractivity contribution >= 4 is 18.8 Å². The number of aromatic nitrogens is 2. The van der Waals surface area contributed by atoms with E-state index in [1.54, 1.807) is 52.1 Å². The van der Waals surface area contributed by atoms with Gasteiger partial charge in [0.2, 0.25) is 0 Å². The molecule has 1 aromatic heterocycles. The number of hydrogen-bond donors (Lipinski definition) is 0. The molecule has 0 amide bonds. The van der Waals surface area contributed by atoms with Gasteiger partial charge in [0.25, 0.3) is 5.90 Å². The average Bonchev–Trinajstić information content (AvgIpc) is 2.53. The van der Waals surface area contributed by atoms with Gasteiger partial charge < -0.3 is 22.5 Å². The highest BCUT2D eigenvalue weighted by atomic mass is 19.3. The molecule has 8 heteroatoms. The molecular formula is C16H18BF2N3O2.